The Morgan fingerprint density at radius 1 is 1.06 bits per heavy atom. The molecule has 0 aromatic rings. The molecule has 4 fully saturated rings. The van der Waals surface area contributed by atoms with E-state index in [4.69, 9.17) is 0 Å². The van der Waals surface area contributed by atoms with Gasteiger partial charge in [0, 0.05) is 24.7 Å². The lowest BCUT2D eigenvalue weighted by atomic mass is 9.60. The molecule has 0 bridgehead atoms. The third-order valence-electron chi connectivity index (χ3n) is 7.62. The Labute approximate surface area is 109 Å². The molecule has 4 saturated carbocycles. The lowest BCUT2D eigenvalue weighted by Gasteiger charge is -2.42. The van der Waals surface area contributed by atoms with Gasteiger partial charge in [0.15, 0.2) is 0 Å². The van der Waals surface area contributed by atoms with Crippen molar-refractivity contribution in [2.24, 2.45) is 39.9 Å². The largest absolute Gasteiger partial charge is 0.299 e. The van der Waals surface area contributed by atoms with Gasteiger partial charge in [0.05, 0.1) is 0 Å². The first-order valence-electron chi connectivity index (χ1n) is 7.32. The van der Waals surface area contributed by atoms with Crippen molar-refractivity contribution in [3.05, 3.63) is 0 Å². The Kier molecular flexibility index (Phi) is 1.63. The molecule has 1 spiro atoms. The molecule has 0 heterocycles. The molecule has 0 aromatic carbocycles. The lowest BCUT2D eigenvalue weighted by molar-refractivity contribution is -0.125. The van der Waals surface area contributed by atoms with E-state index >= 15 is 0 Å². The molecule has 0 aliphatic heterocycles. The number of rotatable bonds is 0. The number of carbonyl (C=O) groups is 2. The minimum atomic E-state index is -0.0426. The van der Waals surface area contributed by atoms with Gasteiger partial charge in [-0.15, -0.1) is 0 Å². The second-order valence-electron chi connectivity index (χ2n) is 8.16. The average Bonchev–Trinajstić information content (AvgIpc) is 2.57. The molecule has 0 amide bonds. The van der Waals surface area contributed by atoms with E-state index in [-0.39, 0.29) is 22.7 Å². The number of ketones is 2. The van der Waals surface area contributed by atoms with Crippen LogP contribution in [-0.2, 0) is 9.59 Å². The minimum absolute atomic E-state index is 0.0365. The molecule has 1 unspecified atom stereocenters. The summed E-state index contributed by atoms with van der Waals surface area (Å²) in [5, 5.41) is 0. The predicted molar refractivity (Wildman–Crippen MR) is 67.8 cm³/mol. The van der Waals surface area contributed by atoms with Gasteiger partial charge in [-0.25, -0.2) is 0 Å². The van der Waals surface area contributed by atoms with E-state index in [2.05, 4.69) is 27.7 Å². The Hall–Kier alpha value is -0.660. The highest BCUT2D eigenvalue weighted by atomic mass is 16.1. The van der Waals surface area contributed by atoms with Crippen LogP contribution in [0.4, 0.5) is 0 Å². The van der Waals surface area contributed by atoms with Crippen molar-refractivity contribution in [3.8, 4) is 0 Å². The SMILES string of the molecule is CC1C(=O)C[C@@]23[C@@H](C[C@@H]4[C@H]2C4(C)C)C(=O)C[C@]13C. The highest BCUT2D eigenvalue weighted by molar-refractivity contribution is 5.95. The molecule has 4 aliphatic carbocycles. The maximum absolute atomic E-state index is 12.4. The molecule has 6 atom stereocenters. The smallest absolute Gasteiger partial charge is 0.137 e. The summed E-state index contributed by atoms with van der Waals surface area (Å²) in [5.74, 6) is 2.49. The lowest BCUT2D eigenvalue weighted by Crippen LogP contribution is -2.39. The number of hydrogen-bond acceptors (Lipinski definition) is 2. The second-order valence-corrected chi connectivity index (χ2v) is 8.16. The molecular formula is C16H22O2. The standard InChI is InChI=1S/C16H22O2/c1-8-11(17)7-16-9(12(18)6-15(8,16)4)5-10-13(16)14(10,2)3/h8-10,13H,5-7H2,1-4H3/t8?,9-,10+,13-,15+,16+/m0/s1. The number of Topliss-reactive ketones (excluding diaryl/α,β-unsaturated/α-hetero) is 2. The van der Waals surface area contributed by atoms with Crippen molar-refractivity contribution >= 4 is 11.6 Å². The first kappa shape index (κ1) is 11.2. The highest BCUT2D eigenvalue weighted by Crippen LogP contribution is 2.85. The number of carbonyl (C=O) groups excluding carboxylic acids is 2. The van der Waals surface area contributed by atoms with Crippen molar-refractivity contribution in [1.29, 1.82) is 0 Å². The normalized spacial score (nSPS) is 59.6. The van der Waals surface area contributed by atoms with Crippen LogP contribution in [0.3, 0.4) is 0 Å². The van der Waals surface area contributed by atoms with Crippen molar-refractivity contribution < 1.29 is 9.59 Å². The van der Waals surface area contributed by atoms with Gasteiger partial charge in [-0.05, 0) is 34.5 Å². The van der Waals surface area contributed by atoms with E-state index in [1.54, 1.807) is 0 Å². The Morgan fingerprint density at radius 2 is 1.72 bits per heavy atom. The average molecular weight is 246 g/mol. The molecule has 4 rings (SSSR count). The maximum Gasteiger partial charge on any atom is 0.137 e. The second kappa shape index (κ2) is 2.62. The van der Waals surface area contributed by atoms with Crippen molar-refractivity contribution in [3.63, 3.8) is 0 Å². The van der Waals surface area contributed by atoms with Crippen molar-refractivity contribution in [1.82, 2.24) is 0 Å². The maximum atomic E-state index is 12.4. The van der Waals surface area contributed by atoms with E-state index in [0.29, 0.717) is 41.7 Å². The summed E-state index contributed by atoms with van der Waals surface area (Å²) in [7, 11) is 0. The molecule has 0 N–H and O–H groups in total. The third kappa shape index (κ3) is 0.812. The minimum Gasteiger partial charge on any atom is -0.299 e. The van der Waals surface area contributed by atoms with Crippen LogP contribution in [0.15, 0.2) is 0 Å². The summed E-state index contributed by atoms with van der Waals surface area (Å²) in [6.45, 7) is 8.97. The van der Waals surface area contributed by atoms with Gasteiger partial charge in [-0.3, -0.25) is 9.59 Å². The summed E-state index contributed by atoms with van der Waals surface area (Å²) in [4.78, 5) is 24.7. The van der Waals surface area contributed by atoms with Gasteiger partial charge >= 0.3 is 0 Å². The molecule has 18 heavy (non-hydrogen) atoms. The summed E-state index contributed by atoms with van der Waals surface area (Å²) >= 11 is 0. The molecule has 2 heteroatoms. The van der Waals surface area contributed by atoms with Crippen LogP contribution in [0.5, 0.6) is 0 Å². The Morgan fingerprint density at radius 3 is 2.39 bits per heavy atom. The van der Waals surface area contributed by atoms with Gasteiger partial charge in [0.2, 0.25) is 0 Å². The van der Waals surface area contributed by atoms with E-state index in [1.807, 2.05) is 0 Å². The van der Waals surface area contributed by atoms with Gasteiger partial charge in [-0.1, -0.05) is 27.7 Å². The zero-order valence-electron chi connectivity index (χ0n) is 11.7. The predicted octanol–water partition coefficient (Wildman–Crippen LogP) is 2.85. The molecule has 0 aromatic heterocycles. The quantitative estimate of drug-likeness (QED) is 0.658. The number of fused-ring (bicyclic) bond motifs is 1. The van der Waals surface area contributed by atoms with Gasteiger partial charge < -0.3 is 0 Å². The van der Waals surface area contributed by atoms with Crippen LogP contribution >= 0.6 is 0 Å². The first-order valence-corrected chi connectivity index (χ1v) is 7.32. The fraction of sp³-hybridized carbons (Fsp3) is 0.875. The van der Waals surface area contributed by atoms with E-state index in [1.165, 1.54) is 0 Å². The Bertz CT molecular complexity index is 491. The van der Waals surface area contributed by atoms with Crippen molar-refractivity contribution in [2.45, 2.75) is 47.0 Å². The summed E-state index contributed by atoms with van der Waals surface area (Å²) in [5.41, 5.74) is 0.362. The van der Waals surface area contributed by atoms with E-state index in [0.717, 1.165) is 6.42 Å². The van der Waals surface area contributed by atoms with E-state index < -0.39 is 0 Å². The van der Waals surface area contributed by atoms with Crippen LogP contribution in [-0.4, -0.2) is 11.6 Å². The molecule has 2 nitrogen and oxygen atoms in total. The summed E-state index contributed by atoms with van der Waals surface area (Å²) in [6, 6.07) is 0. The third-order valence-corrected chi connectivity index (χ3v) is 7.62. The first-order chi connectivity index (χ1) is 8.27. The Balaban J connectivity index is 1.91. The summed E-state index contributed by atoms with van der Waals surface area (Å²) in [6.07, 6.45) is 2.40. The zero-order chi connectivity index (χ0) is 13.1. The molecule has 4 aliphatic rings. The van der Waals surface area contributed by atoms with Crippen LogP contribution in [0.1, 0.15) is 47.0 Å². The van der Waals surface area contributed by atoms with Crippen LogP contribution in [0.2, 0.25) is 0 Å². The molecule has 0 radical (unpaired) electrons. The molecular weight excluding hydrogens is 224 g/mol. The van der Waals surface area contributed by atoms with Gasteiger partial charge in [0.25, 0.3) is 0 Å². The topological polar surface area (TPSA) is 34.1 Å². The van der Waals surface area contributed by atoms with Crippen LogP contribution in [0, 0.1) is 39.9 Å². The monoisotopic (exact) mass is 246 g/mol. The highest BCUT2D eigenvalue weighted by Gasteiger charge is 2.83. The van der Waals surface area contributed by atoms with E-state index in [9.17, 15) is 9.59 Å². The van der Waals surface area contributed by atoms with Crippen LogP contribution < -0.4 is 0 Å². The summed E-state index contributed by atoms with van der Waals surface area (Å²) < 4.78 is 0. The number of hydrogen-bond donors (Lipinski definition) is 0. The fourth-order valence-electron chi connectivity index (χ4n) is 6.50. The van der Waals surface area contributed by atoms with Gasteiger partial charge in [0.1, 0.15) is 11.6 Å². The van der Waals surface area contributed by atoms with Crippen molar-refractivity contribution in [2.75, 3.05) is 0 Å². The zero-order valence-corrected chi connectivity index (χ0v) is 11.7. The van der Waals surface area contributed by atoms with Gasteiger partial charge in [-0.2, -0.15) is 0 Å². The molecule has 98 valence electrons. The molecule has 0 saturated heterocycles. The van der Waals surface area contributed by atoms with Crippen LogP contribution in [0.25, 0.3) is 0 Å². The fourth-order valence-corrected chi connectivity index (χ4v) is 6.50.